The third-order valence-corrected chi connectivity index (χ3v) is 4.98. The highest BCUT2D eigenvalue weighted by atomic mass is 16.1. The van der Waals surface area contributed by atoms with E-state index in [2.05, 4.69) is 22.4 Å². The van der Waals surface area contributed by atoms with Crippen molar-refractivity contribution in [3.8, 4) is 11.3 Å². The second-order valence-electron chi connectivity index (χ2n) is 7.50. The predicted octanol–water partition coefficient (Wildman–Crippen LogP) is 5.26. The topological polar surface area (TPSA) is 59.8 Å². The molecule has 2 heterocycles. The molecule has 2 aromatic carbocycles. The lowest BCUT2D eigenvalue weighted by Crippen LogP contribution is -2.09. The van der Waals surface area contributed by atoms with Crippen LogP contribution in [-0.2, 0) is 11.3 Å². The molecule has 154 valence electrons. The van der Waals surface area contributed by atoms with Crippen LogP contribution in [-0.4, -0.2) is 20.7 Å². The Labute approximate surface area is 182 Å². The summed E-state index contributed by atoms with van der Waals surface area (Å²) in [4.78, 5) is 16.8. The molecule has 1 amide bonds. The SMILES string of the molecule is Cc1ccc(C)c(NC(=O)/C=C/c2cn(Cc3ccccc3)nc2-c2cccnc2)c1. The van der Waals surface area contributed by atoms with Crippen LogP contribution in [0.5, 0.6) is 0 Å². The molecule has 31 heavy (non-hydrogen) atoms. The number of amides is 1. The molecule has 2 aromatic heterocycles. The number of hydrogen-bond acceptors (Lipinski definition) is 3. The molecule has 1 N–H and O–H groups in total. The Morgan fingerprint density at radius 1 is 1.06 bits per heavy atom. The molecule has 0 spiro atoms. The zero-order valence-electron chi connectivity index (χ0n) is 17.6. The van der Waals surface area contributed by atoms with E-state index >= 15 is 0 Å². The Bertz CT molecular complexity index is 1210. The summed E-state index contributed by atoms with van der Waals surface area (Å²) >= 11 is 0. The van der Waals surface area contributed by atoms with Gasteiger partial charge in [-0.1, -0.05) is 42.5 Å². The van der Waals surface area contributed by atoms with E-state index in [1.165, 1.54) is 0 Å². The first-order chi connectivity index (χ1) is 15.1. The number of aromatic nitrogens is 3. The van der Waals surface area contributed by atoms with Crippen molar-refractivity contribution in [1.29, 1.82) is 0 Å². The van der Waals surface area contributed by atoms with Gasteiger partial charge in [0.25, 0.3) is 0 Å². The number of hydrogen-bond donors (Lipinski definition) is 1. The van der Waals surface area contributed by atoms with Gasteiger partial charge in [0.2, 0.25) is 5.91 Å². The summed E-state index contributed by atoms with van der Waals surface area (Å²) in [6.45, 7) is 4.63. The van der Waals surface area contributed by atoms with Crippen LogP contribution in [0.2, 0.25) is 0 Å². The molecule has 0 radical (unpaired) electrons. The summed E-state index contributed by atoms with van der Waals surface area (Å²) in [6.07, 6.45) is 8.82. The smallest absolute Gasteiger partial charge is 0.248 e. The molecule has 0 unspecified atom stereocenters. The normalized spacial score (nSPS) is 11.0. The number of anilines is 1. The lowest BCUT2D eigenvalue weighted by Gasteiger charge is -2.07. The average Bonchev–Trinajstić information content (AvgIpc) is 3.19. The molecule has 5 heteroatoms. The number of nitrogens with one attached hydrogen (secondary N) is 1. The van der Waals surface area contributed by atoms with Crippen molar-refractivity contribution < 1.29 is 4.79 Å². The van der Waals surface area contributed by atoms with Gasteiger partial charge < -0.3 is 5.32 Å². The average molecular weight is 409 g/mol. The molecule has 0 fully saturated rings. The van der Waals surface area contributed by atoms with Crippen molar-refractivity contribution in [3.05, 3.63) is 108 Å². The van der Waals surface area contributed by atoms with E-state index in [1.54, 1.807) is 24.5 Å². The number of aryl methyl sites for hydroxylation is 2. The second kappa shape index (κ2) is 9.22. The van der Waals surface area contributed by atoms with Gasteiger partial charge in [0.1, 0.15) is 5.69 Å². The van der Waals surface area contributed by atoms with E-state index in [0.29, 0.717) is 6.54 Å². The fraction of sp³-hybridized carbons (Fsp3) is 0.115. The van der Waals surface area contributed by atoms with Gasteiger partial charge in [0.05, 0.1) is 6.54 Å². The van der Waals surface area contributed by atoms with Crippen molar-refractivity contribution in [2.45, 2.75) is 20.4 Å². The van der Waals surface area contributed by atoms with Gasteiger partial charge >= 0.3 is 0 Å². The largest absolute Gasteiger partial charge is 0.322 e. The van der Waals surface area contributed by atoms with Crippen molar-refractivity contribution in [2.24, 2.45) is 0 Å². The van der Waals surface area contributed by atoms with Gasteiger partial charge in [-0.25, -0.2) is 0 Å². The summed E-state index contributed by atoms with van der Waals surface area (Å²) < 4.78 is 1.89. The molecule has 5 nitrogen and oxygen atoms in total. The van der Waals surface area contributed by atoms with Gasteiger partial charge in [-0.05, 0) is 54.8 Å². The van der Waals surface area contributed by atoms with Crippen LogP contribution in [0.3, 0.4) is 0 Å². The highest BCUT2D eigenvalue weighted by Crippen LogP contribution is 2.23. The number of carbonyl (C=O) groups is 1. The van der Waals surface area contributed by atoms with Gasteiger partial charge in [0.15, 0.2) is 0 Å². The van der Waals surface area contributed by atoms with Crippen LogP contribution < -0.4 is 5.32 Å². The van der Waals surface area contributed by atoms with Crippen molar-refractivity contribution in [1.82, 2.24) is 14.8 Å². The third kappa shape index (κ3) is 5.14. The first kappa shape index (κ1) is 20.3. The van der Waals surface area contributed by atoms with Crippen LogP contribution in [0.4, 0.5) is 5.69 Å². The molecule has 0 aliphatic carbocycles. The van der Waals surface area contributed by atoms with Crippen molar-refractivity contribution in [2.75, 3.05) is 5.32 Å². The first-order valence-electron chi connectivity index (χ1n) is 10.2. The predicted molar refractivity (Wildman–Crippen MR) is 125 cm³/mol. The van der Waals surface area contributed by atoms with Crippen molar-refractivity contribution >= 4 is 17.7 Å². The summed E-state index contributed by atoms with van der Waals surface area (Å²) in [7, 11) is 0. The maximum absolute atomic E-state index is 12.6. The fourth-order valence-corrected chi connectivity index (χ4v) is 3.35. The fourth-order valence-electron chi connectivity index (χ4n) is 3.35. The van der Waals surface area contributed by atoms with Gasteiger partial charge in [-0.2, -0.15) is 5.10 Å². The first-order valence-corrected chi connectivity index (χ1v) is 10.2. The Kier molecular flexibility index (Phi) is 6.03. The highest BCUT2D eigenvalue weighted by Gasteiger charge is 2.11. The third-order valence-electron chi connectivity index (χ3n) is 4.98. The van der Waals surface area contributed by atoms with Crippen LogP contribution in [0, 0.1) is 13.8 Å². The molecular formula is C26H24N4O. The lowest BCUT2D eigenvalue weighted by atomic mass is 10.1. The molecular weight excluding hydrogens is 384 g/mol. The lowest BCUT2D eigenvalue weighted by molar-refractivity contribution is -0.111. The Hall–Kier alpha value is -3.99. The van der Waals surface area contributed by atoms with Crippen LogP contribution in [0.1, 0.15) is 22.3 Å². The summed E-state index contributed by atoms with van der Waals surface area (Å²) in [6, 6.07) is 20.0. The summed E-state index contributed by atoms with van der Waals surface area (Å²) in [5.41, 5.74) is 6.67. The van der Waals surface area contributed by atoms with Gasteiger partial charge in [0, 0.05) is 41.5 Å². The number of nitrogens with zero attached hydrogens (tertiary/aromatic N) is 3. The zero-order valence-corrected chi connectivity index (χ0v) is 17.6. The van der Waals surface area contributed by atoms with E-state index < -0.39 is 0 Å². The zero-order chi connectivity index (χ0) is 21.6. The van der Waals surface area contributed by atoms with E-state index in [4.69, 9.17) is 5.10 Å². The van der Waals surface area contributed by atoms with Crippen LogP contribution in [0.25, 0.3) is 17.3 Å². The van der Waals surface area contributed by atoms with Gasteiger partial charge in [-0.3, -0.25) is 14.5 Å². The van der Waals surface area contributed by atoms with E-state index in [0.717, 1.165) is 39.2 Å². The number of pyridine rings is 1. The highest BCUT2D eigenvalue weighted by molar-refractivity contribution is 6.02. The van der Waals surface area contributed by atoms with E-state index in [1.807, 2.05) is 73.3 Å². The minimum atomic E-state index is -0.179. The van der Waals surface area contributed by atoms with Crippen LogP contribution >= 0.6 is 0 Å². The van der Waals surface area contributed by atoms with E-state index in [9.17, 15) is 4.79 Å². The summed E-state index contributed by atoms with van der Waals surface area (Å²) in [5, 5.41) is 7.72. The maximum Gasteiger partial charge on any atom is 0.248 e. The molecule has 4 rings (SSSR count). The minimum absolute atomic E-state index is 0.179. The van der Waals surface area contributed by atoms with Crippen molar-refractivity contribution in [3.63, 3.8) is 0 Å². The molecule has 0 aliphatic heterocycles. The quantitative estimate of drug-likeness (QED) is 0.443. The molecule has 4 aromatic rings. The number of carbonyl (C=O) groups excluding carboxylic acids is 1. The Morgan fingerprint density at radius 2 is 1.90 bits per heavy atom. The maximum atomic E-state index is 12.6. The molecule has 0 saturated carbocycles. The Balaban J connectivity index is 1.60. The van der Waals surface area contributed by atoms with E-state index in [-0.39, 0.29) is 5.91 Å². The standard InChI is InChI=1S/C26H24N4O/c1-19-10-11-20(2)24(15-19)28-25(31)13-12-23-18-30(17-21-7-4-3-5-8-21)29-26(23)22-9-6-14-27-16-22/h3-16,18H,17H2,1-2H3,(H,28,31)/b13-12+. The molecule has 0 aliphatic rings. The summed E-state index contributed by atoms with van der Waals surface area (Å²) in [5.74, 6) is -0.179. The van der Waals surface area contributed by atoms with Crippen LogP contribution in [0.15, 0.2) is 85.3 Å². The Morgan fingerprint density at radius 3 is 2.68 bits per heavy atom. The molecule has 0 saturated heterocycles. The second-order valence-corrected chi connectivity index (χ2v) is 7.50. The minimum Gasteiger partial charge on any atom is -0.322 e. The molecule has 0 bridgehead atoms. The molecule has 0 atom stereocenters. The van der Waals surface area contributed by atoms with Gasteiger partial charge in [-0.15, -0.1) is 0 Å². The number of rotatable bonds is 6. The number of benzene rings is 2. The monoisotopic (exact) mass is 408 g/mol.